The van der Waals surface area contributed by atoms with Gasteiger partial charge >= 0.3 is 5.97 Å². The first-order valence-corrected chi connectivity index (χ1v) is 5.48. The van der Waals surface area contributed by atoms with Crippen LogP contribution in [0.2, 0.25) is 0 Å². The van der Waals surface area contributed by atoms with Gasteiger partial charge in [-0.25, -0.2) is 4.79 Å². The lowest BCUT2D eigenvalue weighted by Crippen LogP contribution is -2.66. The molecule has 2 aliphatic rings. The number of rotatable bonds is 2. The molecule has 2 aliphatic heterocycles. The fourth-order valence-electron chi connectivity index (χ4n) is 2.10. The van der Waals surface area contributed by atoms with E-state index >= 15 is 0 Å². The van der Waals surface area contributed by atoms with Crippen LogP contribution in [-0.4, -0.2) is 71.5 Å². The van der Waals surface area contributed by atoms with Gasteiger partial charge in [-0.2, -0.15) is 0 Å². The molecule has 0 radical (unpaired) electrons. The van der Waals surface area contributed by atoms with Crippen molar-refractivity contribution in [3.8, 4) is 0 Å². The maximum atomic E-state index is 11.0. The predicted octanol–water partition coefficient (Wildman–Crippen LogP) is -1.70. The molecule has 104 valence electrons. The summed E-state index contributed by atoms with van der Waals surface area (Å²) in [6, 6.07) is 0. The van der Waals surface area contributed by atoms with Crippen molar-refractivity contribution in [3.05, 3.63) is 0 Å². The summed E-state index contributed by atoms with van der Waals surface area (Å²) < 4.78 is 20.5. The number of carboxylic acid groups (broad SMARTS) is 1. The van der Waals surface area contributed by atoms with Gasteiger partial charge in [-0.15, -0.1) is 0 Å². The van der Waals surface area contributed by atoms with Gasteiger partial charge in [-0.3, -0.25) is 0 Å². The van der Waals surface area contributed by atoms with Crippen LogP contribution in [0, 0.1) is 0 Å². The SMILES string of the molecule is CO[C@@H]1[C@@H](O)[C@H](O)O[C@@H]2COC(C)(C(=O)O)O[C@@H]12. The molecule has 8 heteroatoms. The summed E-state index contributed by atoms with van der Waals surface area (Å²) >= 11 is 0. The molecule has 0 aromatic rings. The fourth-order valence-corrected chi connectivity index (χ4v) is 2.10. The highest BCUT2D eigenvalue weighted by Crippen LogP contribution is 2.33. The van der Waals surface area contributed by atoms with Crippen molar-refractivity contribution in [2.24, 2.45) is 0 Å². The van der Waals surface area contributed by atoms with Crippen molar-refractivity contribution in [1.82, 2.24) is 0 Å². The minimum atomic E-state index is -1.82. The van der Waals surface area contributed by atoms with Crippen molar-refractivity contribution in [2.75, 3.05) is 13.7 Å². The van der Waals surface area contributed by atoms with Crippen LogP contribution in [0.3, 0.4) is 0 Å². The summed E-state index contributed by atoms with van der Waals surface area (Å²) in [6.45, 7) is 1.19. The molecule has 2 heterocycles. The number of hydrogen-bond donors (Lipinski definition) is 3. The van der Waals surface area contributed by atoms with E-state index in [1.54, 1.807) is 0 Å². The summed E-state index contributed by atoms with van der Waals surface area (Å²) in [7, 11) is 1.33. The molecule has 8 nitrogen and oxygen atoms in total. The summed E-state index contributed by atoms with van der Waals surface area (Å²) in [4.78, 5) is 11.0. The molecular weight excluding hydrogens is 248 g/mol. The van der Waals surface area contributed by atoms with E-state index in [1.165, 1.54) is 14.0 Å². The van der Waals surface area contributed by atoms with Gasteiger partial charge in [0.25, 0.3) is 5.79 Å². The first-order valence-electron chi connectivity index (χ1n) is 5.48. The normalized spacial score (nSPS) is 48.6. The van der Waals surface area contributed by atoms with E-state index in [4.69, 9.17) is 24.1 Å². The molecule has 0 saturated carbocycles. The lowest BCUT2D eigenvalue weighted by atomic mass is 9.97. The molecule has 2 rings (SSSR count). The van der Waals surface area contributed by atoms with E-state index in [0.717, 1.165) is 0 Å². The van der Waals surface area contributed by atoms with E-state index < -0.39 is 42.5 Å². The summed E-state index contributed by atoms with van der Waals surface area (Å²) in [6.07, 6.45) is -5.14. The Labute approximate surface area is 103 Å². The highest BCUT2D eigenvalue weighted by atomic mass is 16.8. The number of methoxy groups -OCH3 is 1. The molecule has 0 aromatic carbocycles. The Balaban J connectivity index is 2.20. The average Bonchev–Trinajstić information content (AvgIpc) is 2.32. The van der Waals surface area contributed by atoms with Crippen molar-refractivity contribution in [2.45, 2.75) is 43.4 Å². The van der Waals surface area contributed by atoms with Crippen molar-refractivity contribution >= 4 is 5.97 Å². The predicted molar refractivity (Wildman–Crippen MR) is 54.5 cm³/mol. The Kier molecular flexibility index (Phi) is 3.58. The van der Waals surface area contributed by atoms with E-state index in [1.807, 2.05) is 0 Å². The van der Waals surface area contributed by atoms with Crippen LogP contribution in [0.5, 0.6) is 0 Å². The second kappa shape index (κ2) is 4.72. The number of ether oxygens (including phenoxy) is 4. The molecule has 0 amide bonds. The van der Waals surface area contributed by atoms with E-state index in [2.05, 4.69) is 0 Å². The molecule has 6 atom stereocenters. The average molecular weight is 264 g/mol. The Morgan fingerprint density at radius 3 is 2.67 bits per heavy atom. The highest BCUT2D eigenvalue weighted by Gasteiger charge is 2.54. The lowest BCUT2D eigenvalue weighted by Gasteiger charge is -2.48. The van der Waals surface area contributed by atoms with Crippen LogP contribution in [0.15, 0.2) is 0 Å². The van der Waals surface area contributed by atoms with Gasteiger partial charge in [0.2, 0.25) is 0 Å². The molecular formula is C10H16O8. The Bertz CT molecular complexity index is 334. The van der Waals surface area contributed by atoms with Gasteiger partial charge < -0.3 is 34.3 Å². The molecule has 18 heavy (non-hydrogen) atoms. The Morgan fingerprint density at radius 1 is 1.44 bits per heavy atom. The number of fused-ring (bicyclic) bond motifs is 1. The van der Waals surface area contributed by atoms with Gasteiger partial charge in [0.15, 0.2) is 6.29 Å². The van der Waals surface area contributed by atoms with Crippen LogP contribution in [0.1, 0.15) is 6.92 Å². The van der Waals surface area contributed by atoms with Crippen LogP contribution >= 0.6 is 0 Å². The zero-order chi connectivity index (χ0) is 13.5. The van der Waals surface area contributed by atoms with Crippen LogP contribution in [0.25, 0.3) is 0 Å². The third-order valence-electron chi connectivity index (χ3n) is 3.18. The molecule has 0 bridgehead atoms. The van der Waals surface area contributed by atoms with Gasteiger partial charge in [-0.1, -0.05) is 0 Å². The molecule has 2 fully saturated rings. The third kappa shape index (κ3) is 2.11. The maximum Gasteiger partial charge on any atom is 0.364 e. The zero-order valence-corrected chi connectivity index (χ0v) is 9.98. The van der Waals surface area contributed by atoms with Crippen LogP contribution in [0.4, 0.5) is 0 Å². The number of hydrogen-bond acceptors (Lipinski definition) is 7. The first kappa shape index (κ1) is 13.7. The summed E-state index contributed by atoms with van der Waals surface area (Å²) in [5, 5.41) is 28.2. The highest BCUT2D eigenvalue weighted by molar-refractivity contribution is 5.75. The number of carbonyl (C=O) groups is 1. The van der Waals surface area contributed by atoms with Crippen LogP contribution < -0.4 is 0 Å². The molecule has 0 spiro atoms. The topological polar surface area (TPSA) is 115 Å². The number of carboxylic acids is 1. The molecule has 0 aliphatic carbocycles. The van der Waals surface area contributed by atoms with Gasteiger partial charge in [-0.05, 0) is 0 Å². The second-order valence-corrected chi connectivity index (χ2v) is 4.40. The fraction of sp³-hybridized carbons (Fsp3) is 0.900. The number of aliphatic hydroxyl groups is 2. The first-order chi connectivity index (χ1) is 8.39. The zero-order valence-electron chi connectivity index (χ0n) is 9.98. The van der Waals surface area contributed by atoms with Crippen molar-refractivity contribution < 1.29 is 39.1 Å². The summed E-state index contributed by atoms with van der Waals surface area (Å²) in [5.41, 5.74) is 0. The van der Waals surface area contributed by atoms with Gasteiger partial charge in [0, 0.05) is 14.0 Å². The Morgan fingerprint density at radius 2 is 2.11 bits per heavy atom. The molecule has 1 unspecified atom stereocenters. The maximum absolute atomic E-state index is 11.0. The minimum absolute atomic E-state index is 0.0723. The quantitative estimate of drug-likeness (QED) is 0.540. The third-order valence-corrected chi connectivity index (χ3v) is 3.18. The number of aliphatic carboxylic acids is 1. The van der Waals surface area contributed by atoms with E-state index in [9.17, 15) is 15.0 Å². The standard InChI is InChI=1S/C10H16O8/c1-10(9(13)14)16-3-4-6(18-10)7(15-2)5(11)8(12)17-4/h4-8,11-12H,3H2,1-2H3,(H,13,14)/t4-,5-,6-,7-,8-,10?/m1/s1. The molecule has 2 saturated heterocycles. The largest absolute Gasteiger partial charge is 0.477 e. The van der Waals surface area contributed by atoms with Crippen LogP contribution in [-0.2, 0) is 23.7 Å². The second-order valence-electron chi connectivity index (χ2n) is 4.40. The van der Waals surface area contributed by atoms with Crippen molar-refractivity contribution in [3.63, 3.8) is 0 Å². The minimum Gasteiger partial charge on any atom is -0.477 e. The van der Waals surface area contributed by atoms with Gasteiger partial charge in [0.05, 0.1) is 6.61 Å². The van der Waals surface area contributed by atoms with E-state index in [0.29, 0.717) is 0 Å². The van der Waals surface area contributed by atoms with Gasteiger partial charge in [0.1, 0.15) is 24.4 Å². The van der Waals surface area contributed by atoms with Crippen molar-refractivity contribution in [1.29, 1.82) is 0 Å². The monoisotopic (exact) mass is 264 g/mol. The smallest absolute Gasteiger partial charge is 0.364 e. The molecule has 3 N–H and O–H groups in total. The summed E-state index contributed by atoms with van der Waals surface area (Å²) in [5.74, 6) is -3.10. The number of aliphatic hydroxyl groups excluding tert-OH is 2. The van der Waals surface area contributed by atoms with E-state index in [-0.39, 0.29) is 6.61 Å². The Hall–Kier alpha value is -0.770. The lowest BCUT2D eigenvalue weighted by molar-refractivity contribution is -0.375. The molecule has 0 aromatic heterocycles.